The molecule has 0 radical (unpaired) electrons. The third kappa shape index (κ3) is 9.44. The van der Waals surface area contributed by atoms with E-state index in [1.807, 2.05) is 24.3 Å². The minimum Gasteiger partial charge on any atom is -1.00 e. The number of rotatable bonds is 14. The highest BCUT2D eigenvalue weighted by atomic mass is 79.9. The highest BCUT2D eigenvalue weighted by molar-refractivity contribution is 5.94. The molecule has 0 fully saturated rings. The maximum Gasteiger partial charge on any atom is 0.251 e. The van der Waals surface area contributed by atoms with Crippen molar-refractivity contribution in [3.63, 3.8) is 0 Å². The van der Waals surface area contributed by atoms with Gasteiger partial charge in [0.2, 0.25) is 0 Å². The van der Waals surface area contributed by atoms with Crippen LogP contribution in [0.5, 0.6) is 5.75 Å². The summed E-state index contributed by atoms with van der Waals surface area (Å²) < 4.78 is 6.87. The fourth-order valence-corrected chi connectivity index (χ4v) is 3.80. The van der Waals surface area contributed by atoms with E-state index in [4.69, 9.17) is 4.74 Å². The number of amides is 1. The monoisotopic (exact) mass is 490 g/mol. The fourth-order valence-electron chi connectivity index (χ4n) is 3.80. The van der Waals surface area contributed by atoms with Crippen LogP contribution in [-0.4, -0.2) is 49.7 Å². The Kier molecular flexibility index (Phi) is 13.2. The number of likely N-dealkylation sites (N-methyl/N-ethyl adjacent to an activating group) is 1. The molecule has 31 heavy (non-hydrogen) atoms. The molecule has 0 spiro atoms. The molecular formula is C26H39BrN2O2. The van der Waals surface area contributed by atoms with Crippen LogP contribution in [0, 0.1) is 0 Å². The van der Waals surface area contributed by atoms with Crippen molar-refractivity contribution in [3.05, 3.63) is 65.7 Å². The topological polar surface area (TPSA) is 38.3 Å². The van der Waals surface area contributed by atoms with Gasteiger partial charge in [0.1, 0.15) is 5.75 Å². The highest BCUT2D eigenvalue weighted by Crippen LogP contribution is 2.14. The largest absolute Gasteiger partial charge is 1.00 e. The molecule has 0 unspecified atom stereocenters. The van der Waals surface area contributed by atoms with E-state index < -0.39 is 0 Å². The molecule has 2 aromatic carbocycles. The molecule has 0 saturated heterocycles. The van der Waals surface area contributed by atoms with Crippen molar-refractivity contribution < 1.29 is 31.0 Å². The number of aryl methyl sites for hydroxylation is 1. The Bertz CT molecular complexity index is 723. The lowest BCUT2D eigenvalue weighted by atomic mass is 10.1. The lowest BCUT2D eigenvalue weighted by Gasteiger charge is -2.35. The zero-order valence-electron chi connectivity index (χ0n) is 19.4. The van der Waals surface area contributed by atoms with Crippen molar-refractivity contribution in [2.45, 2.75) is 46.5 Å². The predicted octanol–water partition coefficient (Wildman–Crippen LogP) is 2.09. The first-order valence-electron chi connectivity index (χ1n) is 11.5. The van der Waals surface area contributed by atoms with Crippen LogP contribution in [0.3, 0.4) is 0 Å². The molecule has 1 amide bonds. The smallest absolute Gasteiger partial charge is 0.251 e. The summed E-state index contributed by atoms with van der Waals surface area (Å²) in [6.45, 7) is 12.3. The van der Waals surface area contributed by atoms with Crippen molar-refractivity contribution >= 4 is 5.91 Å². The zero-order chi connectivity index (χ0) is 21.7. The van der Waals surface area contributed by atoms with Crippen molar-refractivity contribution in [2.24, 2.45) is 0 Å². The number of nitrogens with one attached hydrogen (secondary N) is 1. The SMILES string of the molecule is CC[N+](CC)(CC)CCNC(=O)c1ccc(OCCCCCc2ccccc2)cc1.[Br-]. The van der Waals surface area contributed by atoms with Gasteiger partial charge in [-0.25, -0.2) is 0 Å². The normalized spacial score (nSPS) is 10.9. The Labute approximate surface area is 199 Å². The zero-order valence-corrected chi connectivity index (χ0v) is 21.0. The molecule has 1 N–H and O–H groups in total. The summed E-state index contributed by atoms with van der Waals surface area (Å²) >= 11 is 0. The Balaban J connectivity index is 0.00000480. The van der Waals surface area contributed by atoms with Gasteiger partial charge in [-0.05, 0) is 76.3 Å². The molecule has 172 valence electrons. The van der Waals surface area contributed by atoms with Crippen molar-refractivity contribution in [1.29, 1.82) is 0 Å². The van der Waals surface area contributed by atoms with E-state index in [1.54, 1.807) is 0 Å². The first-order chi connectivity index (χ1) is 14.6. The number of carbonyl (C=O) groups excluding carboxylic acids is 1. The van der Waals surface area contributed by atoms with Crippen LogP contribution in [0.15, 0.2) is 54.6 Å². The van der Waals surface area contributed by atoms with E-state index >= 15 is 0 Å². The van der Waals surface area contributed by atoms with E-state index in [9.17, 15) is 4.79 Å². The van der Waals surface area contributed by atoms with Gasteiger partial charge >= 0.3 is 0 Å². The molecule has 2 aromatic rings. The van der Waals surface area contributed by atoms with Crippen LogP contribution in [0.4, 0.5) is 0 Å². The number of halogens is 1. The average Bonchev–Trinajstić information content (AvgIpc) is 2.80. The Morgan fingerprint density at radius 2 is 1.52 bits per heavy atom. The number of ether oxygens (including phenoxy) is 1. The molecule has 0 heterocycles. The van der Waals surface area contributed by atoms with Crippen molar-refractivity contribution in [2.75, 3.05) is 39.3 Å². The minimum atomic E-state index is -0.0103. The third-order valence-corrected chi connectivity index (χ3v) is 6.22. The van der Waals surface area contributed by atoms with Gasteiger partial charge < -0.3 is 31.5 Å². The van der Waals surface area contributed by atoms with Crippen molar-refractivity contribution in [3.8, 4) is 5.75 Å². The highest BCUT2D eigenvalue weighted by Gasteiger charge is 2.20. The lowest BCUT2D eigenvalue weighted by molar-refractivity contribution is -0.922. The minimum absolute atomic E-state index is 0. The first kappa shape index (κ1) is 27.2. The molecule has 0 aliphatic heterocycles. The predicted molar refractivity (Wildman–Crippen MR) is 125 cm³/mol. The summed E-state index contributed by atoms with van der Waals surface area (Å²) in [6, 6.07) is 18.1. The molecule has 5 heteroatoms. The van der Waals surface area contributed by atoms with Crippen LogP contribution < -0.4 is 27.0 Å². The molecule has 2 rings (SSSR count). The first-order valence-corrected chi connectivity index (χ1v) is 11.5. The fraction of sp³-hybridized carbons (Fsp3) is 0.500. The second kappa shape index (κ2) is 15.0. The van der Waals surface area contributed by atoms with Gasteiger partial charge in [0.05, 0.1) is 39.3 Å². The number of nitrogens with zero attached hydrogens (tertiary/aromatic N) is 1. The standard InChI is InChI=1S/C26H38N2O2.BrH/c1-4-28(5-2,6-3)21-20-27-26(29)24-16-18-25(19-17-24)30-22-12-8-11-15-23-13-9-7-10-14-23;/h7,9-10,13-14,16-19H,4-6,8,11-12,15,20-22H2,1-3H3;1H. The van der Waals surface area contributed by atoms with Crippen LogP contribution in [-0.2, 0) is 6.42 Å². The summed E-state index contributed by atoms with van der Waals surface area (Å²) in [5, 5.41) is 3.06. The summed E-state index contributed by atoms with van der Waals surface area (Å²) in [5.41, 5.74) is 2.09. The molecular weight excluding hydrogens is 452 g/mol. The van der Waals surface area contributed by atoms with E-state index in [-0.39, 0.29) is 22.9 Å². The molecule has 4 nitrogen and oxygen atoms in total. The Hall–Kier alpha value is -1.85. The molecule has 0 aliphatic rings. The molecule has 0 aliphatic carbocycles. The third-order valence-electron chi connectivity index (χ3n) is 6.22. The van der Waals surface area contributed by atoms with Gasteiger partial charge in [0.25, 0.3) is 5.91 Å². The summed E-state index contributed by atoms with van der Waals surface area (Å²) in [5.74, 6) is 0.817. The van der Waals surface area contributed by atoms with Gasteiger partial charge in [-0.2, -0.15) is 0 Å². The van der Waals surface area contributed by atoms with E-state index in [0.717, 1.165) is 55.7 Å². The van der Waals surface area contributed by atoms with Gasteiger partial charge in [-0.15, -0.1) is 0 Å². The molecule has 0 atom stereocenters. The van der Waals surface area contributed by atoms with Gasteiger partial charge in [0.15, 0.2) is 0 Å². The average molecular weight is 492 g/mol. The van der Waals surface area contributed by atoms with Crippen LogP contribution in [0.2, 0.25) is 0 Å². The summed E-state index contributed by atoms with van der Waals surface area (Å²) in [7, 11) is 0. The van der Waals surface area contributed by atoms with Crippen molar-refractivity contribution in [1.82, 2.24) is 5.32 Å². The number of unbranched alkanes of at least 4 members (excludes halogenated alkanes) is 2. The lowest BCUT2D eigenvalue weighted by Crippen LogP contribution is -3.00. The van der Waals surface area contributed by atoms with Gasteiger partial charge in [-0.1, -0.05) is 30.3 Å². The number of hydrogen-bond donors (Lipinski definition) is 1. The second-order valence-electron chi connectivity index (χ2n) is 7.94. The van der Waals surface area contributed by atoms with Crippen LogP contribution in [0.1, 0.15) is 56.0 Å². The maximum absolute atomic E-state index is 12.4. The van der Waals surface area contributed by atoms with Crippen LogP contribution in [0.25, 0.3) is 0 Å². The van der Waals surface area contributed by atoms with E-state index in [2.05, 4.69) is 56.4 Å². The van der Waals surface area contributed by atoms with Crippen LogP contribution >= 0.6 is 0 Å². The number of hydrogen-bond acceptors (Lipinski definition) is 2. The number of benzene rings is 2. The number of carbonyl (C=O) groups is 1. The van der Waals surface area contributed by atoms with Gasteiger partial charge in [0, 0.05) is 5.56 Å². The van der Waals surface area contributed by atoms with E-state index in [1.165, 1.54) is 12.0 Å². The Morgan fingerprint density at radius 3 is 2.13 bits per heavy atom. The molecule has 0 aromatic heterocycles. The summed E-state index contributed by atoms with van der Waals surface area (Å²) in [6.07, 6.45) is 4.50. The molecule has 0 bridgehead atoms. The Morgan fingerprint density at radius 1 is 0.871 bits per heavy atom. The number of quaternary nitrogens is 1. The maximum atomic E-state index is 12.4. The molecule has 0 saturated carbocycles. The quantitative estimate of drug-likeness (QED) is 0.325. The van der Waals surface area contributed by atoms with Gasteiger partial charge in [-0.3, -0.25) is 4.79 Å². The van der Waals surface area contributed by atoms with E-state index in [0.29, 0.717) is 18.7 Å². The summed E-state index contributed by atoms with van der Waals surface area (Å²) in [4.78, 5) is 12.4. The second-order valence-corrected chi connectivity index (χ2v) is 7.94.